The summed E-state index contributed by atoms with van der Waals surface area (Å²) in [6, 6.07) is 7.48. The molecule has 3 rings (SSSR count). The quantitative estimate of drug-likeness (QED) is 0.441. The van der Waals surface area contributed by atoms with E-state index < -0.39 is 17.6 Å². The molecule has 0 radical (unpaired) electrons. The lowest BCUT2D eigenvalue weighted by molar-refractivity contribution is -0.136. The normalized spacial score (nSPS) is 19.9. The minimum Gasteiger partial charge on any atom is -0.384 e. The molecule has 1 heterocycles. The van der Waals surface area contributed by atoms with Gasteiger partial charge in [0.1, 0.15) is 11.4 Å². The molecule has 0 saturated heterocycles. The summed E-state index contributed by atoms with van der Waals surface area (Å²) < 4.78 is 52.5. The van der Waals surface area contributed by atoms with E-state index in [1.165, 1.54) is 24.4 Å². The predicted molar refractivity (Wildman–Crippen MR) is 82.8 cm³/mol. The van der Waals surface area contributed by atoms with Gasteiger partial charge in [0.25, 0.3) is 0 Å². The van der Waals surface area contributed by atoms with Gasteiger partial charge >= 0.3 is 6.18 Å². The van der Waals surface area contributed by atoms with E-state index in [1.54, 1.807) is 12.1 Å². The number of nitrogens with two attached hydrogens (primary N) is 1. The van der Waals surface area contributed by atoms with E-state index in [-0.39, 0.29) is 23.3 Å². The maximum absolute atomic E-state index is 13.2. The molecule has 2 atom stereocenters. The topological polar surface area (TPSA) is 63.0 Å². The largest absolute Gasteiger partial charge is 0.421 e. The molecule has 4 nitrogen and oxygen atoms in total. The second-order valence-corrected chi connectivity index (χ2v) is 5.76. The molecule has 0 bridgehead atoms. The lowest BCUT2D eigenvalue weighted by Gasteiger charge is -2.17. The van der Waals surface area contributed by atoms with Gasteiger partial charge in [-0.05, 0) is 42.0 Å². The van der Waals surface area contributed by atoms with Gasteiger partial charge < -0.3 is 10.7 Å². The molecule has 0 aliphatic heterocycles. The highest BCUT2D eigenvalue weighted by atomic mass is 19.4. The SMILES string of the molecule is NNc1nccc(NC[C@H]2C[C@@H]2c2ccc(F)cc2)c1C(F)(F)F. The molecule has 0 unspecified atom stereocenters. The maximum atomic E-state index is 13.2. The monoisotopic (exact) mass is 340 g/mol. The number of nitrogens with zero attached hydrogens (tertiary/aromatic N) is 1. The Kier molecular flexibility index (Phi) is 4.31. The summed E-state index contributed by atoms with van der Waals surface area (Å²) in [7, 11) is 0. The van der Waals surface area contributed by atoms with Crippen molar-refractivity contribution >= 4 is 11.5 Å². The number of hydrogen-bond acceptors (Lipinski definition) is 4. The predicted octanol–water partition coefficient (Wildman–Crippen LogP) is 3.74. The molecular weight excluding hydrogens is 324 g/mol. The molecule has 8 heteroatoms. The molecule has 1 aromatic carbocycles. The van der Waals surface area contributed by atoms with E-state index in [9.17, 15) is 17.6 Å². The number of pyridine rings is 1. The van der Waals surface area contributed by atoms with Crippen molar-refractivity contribution in [2.45, 2.75) is 18.5 Å². The van der Waals surface area contributed by atoms with Crippen molar-refractivity contribution in [3.8, 4) is 0 Å². The smallest absolute Gasteiger partial charge is 0.384 e. The van der Waals surface area contributed by atoms with Crippen molar-refractivity contribution in [2.24, 2.45) is 11.8 Å². The summed E-state index contributed by atoms with van der Waals surface area (Å²) in [4.78, 5) is 3.61. The fourth-order valence-electron chi connectivity index (χ4n) is 2.84. The fraction of sp³-hybridized carbons (Fsp3) is 0.312. The van der Waals surface area contributed by atoms with Gasteiger partial charge in [-0.1, -0.05) is 12.1 Å². The highest BCUT2D eigenvalue weighted by molar-refractivity contribution is 5.62. The van der Waals surface area contributed by atoms with Crippen LogP contribution in [0.2, 0.25) is 0 Å². The molecule has 2 aromatic rings. The second kappa shape index (κ2) is 6.27. The number of hydrazine groups is 1. The summed E-state index contributed by atoms with van der Waals surface area (Å²) in [5.41, 5.74) is 2.01. The summed E-state index contributed by atoms with van der Waals surface area (Å²) in [5.74, 6) is 4.85. The van der Waals surface area contributed by atoms with Crippen LogP contribution in [0.25, 0.3) is 0 Å². The zero-order valence-corrected chi connectivity index (χ0v) is 12.6. The Labute approximate surface area is 136 Å². The number of halogens is 4. The lowest BCUT2D eigenvalue weighted by Crippen LogP contribution is -2.19. The van der Waals surface area contributed by atoms with Crippen LogP contribution >= 0.6 is 0 Å². The molecule has 0 amide bonds. The standard InChI is InChI=1S/C16H16F4N4/c17-11-3-1-9(2-4-11)12-7-10(12)8-23-13-5-6-22-15(24-21)14(13)16(18,19)20/h1-6,10,12H,7-8,21H2,(H2,22,23,24)/t10-,12-/m1/s1. The first-order valence-corrected chi connectivity index (χ1v) is 7.42. The number of nitrogen functional groups attached to an aromatic ring is 1. The Hall–Kier alpha value is -2.35. The van der Waals surface area contributed by atoms with Crippen molar-refractivity contribution in [2.75, 3.05) is 17.3 Å². The van der Waals surface area contributed by atoms with Crippen LogP contribution in [0.4, 0.5) is 29.1 Å². The second-order valence-electron chi connectivity index (χ2n) is 5.76. The zero-order chi connectivity index (χ0) is 17.3. The first-order chi connectivity index (χ1) is 11.4. The van der Waals surface area contributed by atoms with Crippen LogP contribution in [0.5, 0.6) is 0 Å². The average molecular weight is 340 g/mol. The number of alkyl halides is 3. The highest BCUT2D eigenvalue weighted by Gasteiger charge is 2.40. The van der Waals surface area contributed by atoms with Crippen LogP contribution in [0, 0.1) is 11.7 Å². The van der Waals surface area contributed by atoms with Crippen molar-refractivity contribution in [1.29, 1.82) is 0 Å². The zero-order valence-electron chi connectivity index (χ0n) is 12.6. The molecule has 1 aliphatic rings. The molecule has 1 aliphatic carbocycles. The number of rotatable bonds is 5. The van der Waals surface area contributed by atoms with Gasteiger partial charge in [-0.15, -0.1) is 0 Å². The van der Waals surface area contributed by atoms with E-state index in [1.807, 2.05) is 5.43 Å². The third kappa shape index (κ3) is 3.43. The Morgan fingerprint density at radius 1 is 1.17 bits per heavy atom. The Balaban J connectivity index is 1.69. The van der Waals surface area contributed by atoms with Crippen LogP contribution in [0.3, 0.4) is 0 Å². The van der Waals surface area contributed by atoms with Crippen molar-refractivity contribution < 1.29 is 17.6 Å². The third-order valence-corrected chi connectivity index (χ3v) is 4.15. The van der Waals surface area contributed by atoms with Gasteiger partial charge in [0, 0.05) is 12.7 Å². The summed E-state index contributed by atoms with van der Waals surface area (Å²) in [5, 5.41) is 2.84. The van der Waals surface area contributed by atoms with Crippen LogP contribution in [-0.2, 0) is 6.18 Å². The molecular formula is C16H16F4N4. The number of benzene rings is 1. The van der Waals surface area contributed by atoms with E-state index >= 15 is 0 Å². The summed E-state index contributed by atoms with van der Waals surface area (Å²) in [6.07, 6.45) is -2.46. The first-order valence-electron chi connectivity index (χ1n) is 7.42. The number of aromatic nitrogens is 1. The summed E-state index contributed by atoms with van der Waals surface area (Å²) in [6.45, 7) is 0.388. The number of hydrogen-bond donors (Lipinski definition) is 3. The number of anilines is 2. The molecule has 24 heavy (non-hydrogen) atoms. The van der Waals surface area contributed by atoms with Crippen LogP contribution < -0.4 is 16.6 Å². The molecule has 1 fully saturated rings. The lowest BCUT2D eigenvalue weighted by atomic mass is 10.1. The summed E-state index contributed by atoms with van der Waals surface area (Å²) >= 11 is 0. The van der Waals surface area contributed by atoms with E-state index in [4.69, 9.17) is 5.84 Å². The molecule has 0 spiro atoms. The molecule has 1 aromatic heterocycles. The van der Waals surface area contributed by atoms with Gasteiger partial charge in [0.2, 0.25) is 0 Å². The van der Waals surface area contributed by atoms with Gasteiger partial charge in [-0.25, -0.2) is 15.2 Å². The molecule has 1 saturated carbocycles. The van der Waals surface area contributed by atoms with Crippen molar-refractivity contribution in [3.05, 3.63) is 53.5 Å². The number of nitrogens with one attached hydrogen (secondary N) is 2. The van der Waals surface area contributed by atoms with E-state index in [0.717, 1.165) is 12.0 Å². The van der Waals surface area contributed by atoms with Crippen LogP contribution in [-0.4, -0.2) is 11.5 Å². The van der Waals surface area contributed by atoms with E-state index in [2.05, 4.69) is 10.3 Å². The minimum absolute atomic E-state index is 0.0600. The fourth-order valence-corrected chi connectivity index (χ4v) is 2.84. The van der Waals surface area contributed by atoms with E-state index in [0.29, 0.717) is 6.54 Å². The Bertz CT molecular complexity index is 715. The molecule has 128 valence electrons. The first kappa shape index (κ1) is 16.5. The Morgan fingerprint density at radius 3 is 2.50 bits per heavy atom. The third-order valence-electron chi connectivity index (χ3n) is 4.15. The van der Waals surface area contributed by atoms with Crippen molar-refractivity contribution in [1.82, 2.24) is 4.98 Å². The van der Waals surface area contributed by atoms with Gasteiger partial charge in [0.15, 0.2) is 5.82 Å². The highest BCUT2D eigenvalue weighted by Crippen LogP contribution is 2.48. The Morgan fingerprint density at radius 2 is 1.88 bits per heavy atom. The average Bonchev–Trinajstić information content (AvgIpc) is 3.32. The van der Waals surface area contributed by atoms with Crippen molar-refractivity contribution in [3.63, 3.8) is 0 Å². The molecule has 4 N–H and O–H groups in total. The van der Waals surface area contributed by atoms with Crippen LogP contribution in [0.1, 0.15) is 23.5 Å². The minimum atomic E-state index is -4.57. The maximum Gasteiger partial charge on any atom is 0.421 e. The van der Waals surface area contributed by atoms with Gasteiger partial charge in [0.05, 0.1) is 5.69 Å². The van der Waals surface area contributed by atoms with Crippen LogP contribution in [0.15, 0.2) is 36.5 Å². The van der Waals surface area contributed by atoms with Gasteiger partial charge in [-0.2, -0.15) is 13.2 Å². The van der Waals surface area contributed by atoms with Gasteiger partial charge in [-0.3, -0.25) is 0 Å².